The minimum absolute atomic E-state index is 0.0713. The summed E-state index contributed by atoms with van der Waals surface area (Å²) in [7, 11) is 0. The van der Waals surface area contributed by atoms with Gasteiger partial charge in [0, 0.05) is 6.07 Å². The number of hydrogen-bond acceptors (Lipinski definition) is 3. The van der Waals surface area contributed by atoms with Crippen molar-refractivity contribution in [1.82, 2.24) is 14.6 Å². The van der Waals surface area contributed by atoms with E-state index in [-0.39, 0.29) is 11.7 Å². The van der Waals surface area contributed by atoms with Crippen LogP contribution in [0.5, 0.6) is 0 Å². The SMILES string of the molecule is CC1OCc2c1c(=O)[nH]c1ccnn21. The number of rotatable bonds is 0. The number of ether oxygens (including phenoxy) is 1. The van der Waals surface area contributed by atoms with Crippen molar-refractivity contribution < 1.29 is 4.74 Å². The molecule has 72 valence electrons. The van der Waals surface area contributed by atoms with Gasteiger partial charge in [0.25, 0.3) is 5.56 Å². The van der Waals surface area contributed by atoms with E-state index < -0.39 is 0 Å². The third kappa shape index (κ3) is 0.820. The highest BCUT2D eigenvalue weighted by Crippen LogP contribution is 2.26. The van der Waals surface area contributed by atoms with Crippen molar-refractivity contribution in [3.05, 3.63) is 33.9 Å². The Hall–Kier alpha value is -1.62. The predicted molar refractivity (Wildman–Crippen MR) is 49.0 cm³/mol. The Kier molecular flexibility index (Phi) is 1.36. The van der Waals surface area contributed by atoms with E-state index in [4.69, 9.17) is 4.74 Å². The number of H-pyrrole nitrogens is 1. The number of fused-ring (bicyclic) bond motifs is 3. The van der Waals surface area contributed by atoms with E-state index in [1.54, 1.807) is 16.8 Å². The van der Waals surface area contributed by atoms with Crippen molar-refractivity contribution in [3.63, 3.8) is 0 Å². The molecule has 0 saturated carbocycles. The predicted octanol–water partition coefficient (Wildman–Crippen LogP) is 0.614. The first kappa shape index (κ1) is 7.75. The largest absolute Gasteiger partial charge is 0.367 e. The average Bonchev–Trinajstić information content (AvgIpc) is 2.71. The van der Waals surface area contributed by atoms with Crippen LogP contribution < -0.4 is 5.56 Å². The molecule has 0 saturated heterocycles. The maximum absolute atomic E-state index is 11.7. The van der Waals surface area contributed by atoms with E-state index in [1.165, 1.54) is 0 Å². The van der Waals surface area contributed by atoms with Crippen LogP contribution in [-0.2, 0) is 11.3 Å². The highest BCUT2D eigenvalue weighted by Gasteiger charge is 2.25. The van der Waals surface area contributed by atoms with E-state index in [9.17, 15) is 4.79 Å². The molecule has 0 aliphatic carbocycles. The summed E-state index contributed by atoms with van der Waals surface area (Å²) in [6, 6.07) is 1.77. The molecule has 0 spiro atoms. The first-order valence-electron chi connectivity index (χ1n) is 4.48. The van der Waals surface area contributed by atoms with Gasteiger partial charge in [0.1, 0.15) is 5.65 Å². The highest BCUT2D eigenvalue weighted by molar-refractivity contribution is 5.40. The Labute approximate surface area is 79.3 Å². The summed E-state index contributed by atoms with van der Waals surface area (Å²) in [6.45, 7) is 2.33. The molecule has 1 unspecified atom stereocenters. The second-order valence-corrected chi connectivity index (χ2v) is 3.40. The molecule has 1 aliphatic heterocycles. The van der Waals surface area contributed by atoms with E-state index in [1.807, 2.05) is 6.92 Å². The molecule has 5 heteroatoms. The molecule has 0 radical (unpaired) electrons. The molecule has 0 fully saturated rings. The molecular weight excluding hydrogens is 182 g/mol. The number of nitrogens with zero attached hydrogens (tertiary/aromatic N) is 2. The topological polar surface area (TPSA) is 59.4 Å². The van der Waals surface area contributed by atoms with Crippen molar-refractivity contribution in [2.24, 2.45) is 0 Å². The van der Waals surface area contributed by atoms with Gasteiger partial charge in [-0.15, -0.1) is 0 Å². The van der Waals surface area contributed by atoms with Crippen LogP contribution in [0.1, 0.15) is 24.3 Å². The summed E-state index contributed by atoms with van der Waals surface area (Å²) in [5, 5.41) is 4.13. The fourth-order valence-corrected chi connectivity index (χ4v) is 1.89. The Morgan fingerprint density at radius 3 is 3.43 bits per heavy atom. The second kappa shape index (κ2) is 2.45. The fraction of sp³-hybridized carbons (Fsp3) is 0.333. The number of nitrogens with one attached hydrogen (secondary N) is 1. The Morgan fingerprint density at radius 1 is 1.71 bits per heavy atom. The Balaban J connectivity index is 2.50. The fourth-order valence-electron chi connectivity index (χ4n) is 1.89. The molecule has 1 atom stereocenters. The molecule has 2 aromatic rings. The maximum Gasteiger partial charge on any atom is 0.257 e. The summed E-state index contributed by atoms with van der Waals surface area (Å²) in [6.07, 6.45) is 1.52. The lowest BCUT2D eigenvalue weighted by molar-refractivity contribution is 0.0777. The van der Waals surface area contributed by atoms with Crippen LogP contribution >= 0.6 is 0 Å². The summed E-state index contributed by atoms with van der Waals surface area (Å²) in [4.78, 5) is 14.4. The third-order valence-corrected chi connectivity index (χ3v) is 2.57. The second-order valence-electron chi connectivity index (χ2n) is 3.40. The molecule has 5 nitrogen and oxygen atoms in total. The standard InChI is InChI=1S/C9H9N3O2/c1-5-8-6(4-14-5)12-7(2-3-10-12)11-9(8)13/h2-3,5H,4H2,1H3,(H,11,13). The van der Waals surface area contributed by atoms with E-state index in [0.29, 0.717) is 17.8 Å². The molecule has 3 rings (SSSR count). The van der Waals surface area contributed by atoms with Gasteiger partial charge in [0.15, 0.2) is 0 Å². The molecule has 1 N–H and O–H groups in total. The molecule has 0 bridgehead atoms. The lowest BCUT2D eigenvalue weighted by Gasteiger charge is -2.02. The Bertz CT molecular complexity index is 555. The highest BCUT2D eigenvalue weighted by atomic mass is 16.5. The molecule has 14 heavy (non-hydrogen) atoms. The molecule has 3 heterocycles. The van der Waals surface area contributed by atoms with Crippen LogP contribution in [0.2, 0.25) is 0 Å². The van der Waals surface area contributed by atoms with Gasteiger partial charge >= 0.3 is 0 Å². The third-order valence-electron chi connectivity index (χ3n) is 2.57. The molecule has 1 aliphatic rings. The summed E-state index contributed by atoms with van der Waals surface area (Å²) >= 11 is 0. The number of aromatic amines is 1. The lowest BCUT2D eigenvalue weighted by atomic mass is 10.2. The van der Waals surface area contributed by atoms with Crippen LogP contribution in [0.3, 0.4) is 0 Å². The van der Waals surface area contributed by atoms with E-state index >= 15 is 0 Å². The zero-order valence-electron chi connectivity index (χ0n) is 7.65. The zero-order valence-corrected chi connectivity index (χ0v) is 7.65. The summed E-state index contributed by atoms with van der Waals surface area (Å²) < 4.78 is 7.12. The number of hydrogen-bond donors (Lipinski definition) is 1. The van der Waals surface area contributed by atoms with Gasteiger partial charge in [0.2, 0.25) is 0 Å². The number of aromatic nitrogens is 3. The van der Waals surface area contributed by atoms with Gasteiger partial charge in [-0.3, -0.25) is 4.79 Å². The summed E-state index contributed by atoms with van der Waals surface area (Å²) in [5.74, 6) is 0. The van der Waals surface area contributed by atoms with Crippen LogP contribution in [0.25, 0.3) is 5.65 Å². The van der Waals surface area contributed by atoms with Crippen molar-refractivity contribution in [2.75, 3.05) is 0 Å². The quantitative estimate of drug-likeness (QED) is 0.663. The van der Waals surface area contributed by atoms with E-state index in [0.717, 1.165) is 5.69 Å². The van der Waals surface area contributed by atoms with Gasteiger partial charge in [-0.2, -0.15) is 5.10 Å². The first-order chi connectivity index (χ1) is 6.77. The van der Waals surface area contributed by atoms with Crippen LogP contribution in [0, 0.1) is 0 Å². The van der Waals surface area contributed by atoms with E-state index in [2.05, 4.69) is 10.1 Å². The zero-order chi connectivity index (χ0) is 9.71. The van der Waals surface area contributed by atoms with Gasteiger partial charge in [-0.05, 0) is 6.92 Å². The first-order valence-corrected chi connectivity index (χ1v) is 4.48. The Morgan fingerprint density at radius 2 is 2.57 bits per heavy atom. The van der Waals surface area contributed by atoms with Crippen molar-refractivity contribution >= 4 is 5.65 Å². The smallest absolute Gasteiger partial charge is 0.257 e. The normalized spacial score (nSPS) is 20.2. The van der Waals surface area contributed by atoms with Crippen LogP contribution in [0.15, 0.2) is 17.1 Å². The van der Waals surface area contributed by atoms with Crippen molar-refractivity contribution in [3.8, 4) is 0 Å². The van der Waals surface area contributed by atoms with Gasteiger partial charge in [-0.1, -0.05) is 0 Å². The molecule has 0 amide bonds. The van der Waals surface area contributed by atoms with Gasteiger partial charge < -0.3 is 9.72 Å². The van der Waals surface area contributed by atoms with Crippen molar-refractivity contribution in [1.29, 1.82) is 0 Å². The van der Waals surface area contributed by atoms with Crippen LogP contribution in [-0.4, -0.2) is 14.6 Å². The molecule has 0 aromatic carbocycles. The molecule has 2 aromatic heterocycles. The lowest BCUT2D eigenvalue weighted by Crippen LogP contribution is -2.17. The monoisotopic (exact) mass is 191 g/mol. The van der Waals surface area contributed by atoms with Crippen LogP contribution in [0.4, 0.5) is 0 Å². The minimum atomic E-state index is -0.137. The van der Waals surface area contributed by atoms with Gasteiger partial charge in [0.05, 0.1) is 30.2 Å². The maximum atomic E-state index is 11.7. The summed E-state index contributed by atoms with van der Waals surface area (Å²) in [5.41, 5.74) is 2.20. The average molecular weight is 191 g/mol. The van der Waals surface area contributed by atoms with Crippen molar-refractivity contribution in [2.45, 2.75) is 19.6 Å². The minimum Gasteiger partial charge on any atom is -0.367 e. The molecular formula is C9H9N3O2. The van der Waals surface area contributed by atoms with Gasteiger partial charge in [-0.25, -0.2) is 4.52 Å².